The molecule has 194 valence electrons. The summed E-state index contributed by atoms with van der Waals surface area (Å²) >= 11 is 1.13. The molecule has 0 aliphatic carbocycles. The van der Waals surface area contributed by atoms with Crippen LogP contribution in [-0.4, -0.2) is 39.0 Å². The molecule has 0 aliphatic rings. The molecule has 0 bridgehead atoms. The van der Waals surface area contributed by atoms with E-state index in [0.29, 0.717) is 22.7 Å². The molecular formula is C27H24N4O6S. The molecule has 0 radical (unpaired) electrons. The standard InChI is InChI=1S/C27H24N4O6S/c1-16(2)36-22-12-18(26(35)31-27-29-20(15-38-27)14-24(32)33)13-23(30-22)37-21-10-8-19(9-11-21)28-25(34)17-6-4-3-5-7-17/h3-13,15-16H,14H2,1-2H3,(H,28,34)(H,32,33)(H,29,31,35). The Hall–Kier alpha value is -4.77. The molecule has 2 heterocycles. The summed E-state index contributed by atoms with van der Waals surface area (Å²) in [7, 11) is 0. The van der Waals surface area contributed by atoms with Crippen molar-refractivity contribution in [3.8, 4) is 17.5 Å². The van der Waals surface area contributed by atoms with E-state index in [0.717, 1.165) is 11.3 Å². The van der Waals surface area contributed by atoms with Crippen LogP contribution in [0.2, 0.25) is 0 Å². The second kappa shape index (κ2) is 12.0. The number of aromatic nitrogens is 2. The molecule has 0 aliphatic heterocycles. The van der Waals surface area contributed by atoms with E-state index in [1.165, 1.54) is 12.1 Å². The smallest absolute Gasteiger partial charge is 0.309 e. The minimum atomic E-state index is -1.01. The number of carboxylic acid groups (broad SMARTS) is 1. The van der Waals surface area contributed by atoms with Gasteiger partial charge >= 0.3 is 5.97 Å². The fraction of sp³-hybridized carbons (Fsp3) is 0.148. The Bertz CT molecular complexity index is 1440. The third-order valence-corrected chi connectivity index (χ3v) is 5.68. The van der Waals surface area contributed by atoms with Crippen molar-refractivity contribution in [1.29, 1.82) is 0 Å². The lowest BCUT2D eigenvalue weighted by Gasteiger charge is -2.13. The van der Waals surface area contributed by atoms with Crippen LogP contribution < -0.4 is 20.1 Å². The molecule has 2 aromatic heterocycles. The molecule has 0 saturated heterocycles. The van der Waals surface area contributed by atoms with Gasteiger partial charge in [0.2, 0.25) is 11.8 Å². The third-order valence-electron chi connectivity index (χ3n) is 4.87. The lowest BCUT2D eigenvalue weighted by atomic mass is 10.2. The largest absolute Gasteiger partial charge is 0.481 e. The number of amides is 2. The van der Waals surface area contributed by atoms with Crippen LogP contribution >= 0.6 is 11.3 Å². The Balaban J connectivity index is 1.48. The number of thiazole rings is 1. The van der Waals surface area contributed by atoms with Crippen molar-refractivity contribution >= 4 is 39.9 Å². The van der Waals surface area contributed by atoms with Crippen molar-refractivity contribution in [2.24, 2.45) is 0 Å². The first-order valence-electron chi connectivity index (χ1n) is 11.6. The van der Waals surface area contributed by atoms with Crippen LogP contribution in [0.1, 0.15) is 40.3 Å². The molecule has 38 heavy (non-hydrogen) atoms. The summed E-state index contributed by atoms with van der Waals surface area (Å²) < 4.78 is 11.6. The van der Waals surface area contributed by atoms with Gasteiger partial charge in [0, 0.05) is 28.8 Å². The molecule has 11 heteroatoms. The molecule has 0 unspecified atom stereocenters. The van der Waals surface area contributed by atoms with Crippen molar-refractivity contribution in [3.05, 3.63) is 88.9 Å². The van der Waals surface area contributed by atoms with Crippen molar-refractivity contribution in [2.75, 3.05) is 10.6 Å². The highest BCUT2D eigenvalue weighted by atomic mass is 32.1. The molecule has 0 fully saturated rings. The van der Waals surface area contributed by atoms with E-state index < -0.39 is 11.9 Å². The fourth-order valence-electron chi connectivity index (χ4n) is 3.26. The van der Waals surface area contributed by atoms with Gasteiger partial charge < -0.3 is 19.9 Å². The van der Waals surface area contributed by atoms with Crippen molar-refractivity contribution < 1.29 is 29.0 Å². The van der Waals surface area contributed by atoms with Crippen LogP contribution in [0.25, 0.3) is 0 Å². The number of pyridine rings is 1. The number of anilines is 2. The van der Waals surface area contributed by atoms with Gasteiger partial charge in [-0.1, -0.05) is 18.2 Å². The van der Waals surface area contributed by atoms with Gasteiger partial charge in [0.25, 0.3) is 11.8 Å². The lowest BCUT2D eigenvalue weighted by molar-refractivity contribution is -0.136. The average Bonchev–Trinajstić information content (AvgIpc) is 3.31. The van der Waals surface area contributed by atoms with Gasteiger partial charge in [-0.2, -0.15) is 4.98 Å². The monoisotopic (exact) mass is 532 g/mol. The van der Waals surface area contributed by atoms with Gasteiger partial charge in [-0.25, -0.2) is 4.98 Å². The summed E-state index contributed by atoms with van der Waals surface area (Å²) in [4.78, 5) is 44.6. The van der Waals surface area contributed by atoms with E-state index in [9.17, 15) is 14.4 Å². The normalized spacial score (nSPS) is 10.6. The molecule has 4 aromatic rings. The van der Waals surface area contributed by atoms with E-state index in [1.807, 2.05) is 19.9 Å². The molecule has 2 aromatic carbocycles. The fourth-order valence-corrected chi connectivity index (χ4v) is 3.96. The summed E-state index contributed by atoms with van der Waals surface area (Å²) in [5.41, 5.74) is 1.69. The van der Waals surface area contributed by atoms with Gasteiger partial charge in [0.15, 0.2) is 5.13 Å². The van der Waals surface area contributed by atoms with E-state index in [2.05, 4.69) is 20.6 Å². The van der Waals surface area contributed by atoms with Crippen LogP contribution in [-0.2, 0) is 11.2 Å². The van der Waals surface area contributed by atoms with Crippen LogP contribution in [0.5, 0.6) is 17.5 Å². The van der Waals surface area contributed by atoms with E-state index in [4.69, 9.17) is 14.6 Å². The highest BCUT2D eigenvalue weighted by Gasteiger charge is 2.16. The summed E-state index contributed by atoms with van der Waals surface area (Å²) in [5.74, 6) is -0.973. The van der Waals surface area contributed by atoms with Crippen molar-refractivity contribution in [2.45, 2.75) is 26.4 Å². The van der Waals surface area contributed by atoms with Gasteiger partial charge in [-0.3, -0.25) is 19.7 Å². The molecule has 4 rings (SSSR count). The third kappa shape index (κ3) is 7.37. The van der Waals surface area contributed by atoms with Gasteiger partial charge in [-0.15, -0.1) is 11.3 Å². The number of carboxylic acids is 1. The average molecular weight is 533 g/mol. The maximum Gasteiger partial charge on any atom is 0.309 e. The number of ether oxygens (including phenoxy) is 2. The molecule has 2 amide bonds. The Morgan fingerprint density at radius 2 is 1.58 bits per heavy atom. The van der Waals surface area contributed by atoms with E-state index >= 15 is 0 Å². The van der Waals surface area contributed by atoms with Crippen LogP contribution in [0.4, 0.5) is 10.8 Å². The summed E-state index contributed by atoms with van der Waals surface area (Å²) in [5, 5.41) is 16.2. The predicted octanol–water partition coefficient (Wildman–Crippen LogP) is 5.25. The van der Waals surface area contributed by atoms with Gasteiger partial charge in [0.05, 0.1) is 23.8 Å². The van der Waals surface area contributed by atoms with Crippen molar-refractivity contribution in [3.63, 3.8) is 0 Å². The van der Waals surface area contributed by atoms with E-state index in [-0.39, 0.29) is 40.9 Å². The number of carbonyl (C=O) groups excluding carboxylic acids is 2. The Kier molecular flexibility index (Phi) is 8.29. The summed E-state index contributed by atoms with van der Waals surface area (Å²) in [6.45, 7) is 3.66. The number of carbonyl (C=O) groups is 3. The zero-order valence-electron chi connectivity index (χ0n) is 20.5. The number of hydrogen-bond donors (Lipinski definition) is 3. The molecular weight excluding hydrogens is 508 g/mol. The zero-order valence-corrected chi connectivity index (χ0v) is 21.3. The molecule has 0 spiro atoms. The van der Waals surface area contributed by atoms with Gasteiger partial charge in [0.1, 0.15) is 5.75 Å². The van der Waals surface area contributed by atoms with Crippen LogP contribution in [0.15, 0.2) is 72.1 Å². The number of rotatable bonds is 10. The maximum atomic E-state index is 12.9. The first-order chi connectivity index (χ1) is 18.2. The second-order valence-electron chi connectivity index (χ2n) is 8.31. The first kappa shape index (κ1) is 26.3. The number of nitrogens with one attached hydrogen (secondary N) is 2. The number of nitrogens with zero attached hydrogens (tertiary/aromatic N) is 2. The SMILES string of the molecule is CC(C)Oc1cc(C(=O)Nc2nc(CC(=O)O)cs2)cc(Oc2ccc(NC(=O)c3ccccc3)cc2)n1. The molecule has 3 N–H and O–H groups in total. The topological polar surface area (TPSA) is 140 Å². The van der Waals surface area contributed by atoms with Gasteiger partial charge in [-0.05, 0) is 50.2 Å². The quantitative estimate of drug-likeness (QED) is 0.252. The first-order valence-corrected chi connectivity index (χ1v) is 12.4. The Morgan fingerprint density at radius 3 is 2.26 bits per heavy atom. The minimum absolute atomic E-state index is 0.125. The maximum absolute atomic E-state index is 12.9. The van der Waals surface area contributed by atoms with Crippen molar-refractivity contribution in [1.82, 2.24) is 9.97 Å². The molecule has 0 saturated carbocycles. The predicted molar refractivity (Wildman–Crippen MR) is 142 cm³/mol. The van der Waals surface area contributed by atoms with Crippen LogP contribution in [0.3, 0.4) is 0 Å². The molecule has 10 nitrogen and oxygen atoms in total. The second-order valence-corrected chi connectivity index (χ2v) is 9.17. The zero-order chi connectivity index (χ0) is 27.1. The number of hydrogen-bond acceptors (Lipinski definition) is 8. The Labute approximate surface area is 222 Å². The summed E-state index contributed by atoms with van der Waals surface area (Å²) in [6, 6.07) is 18.5. The minimum Gasteiger partial charge on any atom is -0.481 e. The lowest BCUT2D eigenvalue weighted by Crippen LogP contribution is -2.14. The Morgan fingerprint density at radius 1 is 0.895 bits per heavy atom. The molecule has 0 atom stereocenters. The van der Waals surface area contributed by atoms with E-state index in [1.54, 1.807) is 53.9 Å². The highest BCUT2D eigenvalue weighted by Crippen LogP contribution is 2.27. The highest BCUT2D eigenvalue weighted by molar-refractivity contribution is 7.14. The number of benzene rings is 2. The van der Waals surface area contributed by atoms with Crippen LogP contribution in [0, 0.1) is 0 Å². The number of aliphatic carboxylic acids is 1. The summed E-state index contributed by atoms with van der Waals surface area (Å²) in [6.07, 6.45) is -0.431.